The van der Waals surface area contributed by atoms with Gasteiger partial charge in [-0.15, -0.1) is 6.58 Å². The van der Waals surface area contributed by atoms with E-state index < -0.39 is 13.7 Å². The molecule has 0 N–H and O–H groups in total. The maximum absolute atomic E-state index is 13.2. The van der Waals surface area contributed by atoms with Crippen molar-refractivity contribution in [1.82, 2.24) is 0 Å². The average molecular weight is 419 g/mol. The van der Waals surface area contributed by atoms with Gasteiger partial charge in [0.15, 0.2) is 8.32 Å². The Hall–Kier alpha value is -0.873. The zero-order valence-corrected chi connectivity index (χ0v) is 21.0. The fourth-order valence-corrected chi connectivity index (χ4v) is 9.00. The predicted molar refractivity (Wildman–Crippen MR) is 122 cm³/mol. The van der Waals surface area contributed by atoms with E-state index in [0.29, 0.717) is 23.7 Å². The lowest BCUT2D eigenvalue weighted by Gasteiger charge is -2.50. The molecule has 0 bridgehead atoms. The SMILES string of the molecule is C=C[C@]1(C)C=C(C)[C@H]2[C@@H]([C@H](O[Si](C)(C)C)[C@H]3[C@H](C)C[C@H](C)C[C@@]32C)[C@@H]1C(=O)OC. The van der Waals surface area contributed by atoms with Crippen LogP contribution in [-0.4, -0.2) is 27.5 Å². The molecule has 9 atom stereocenters. The zero-order chi connectivity index (χ0) is 21.9. The molecule has 0 saturated heterocycles. The molecule has 3 nitrogen and oxygen atoms in total. The fourth-order valence-electron chi connectivity index (χ4n) is 7.88. The standard InChI is InChI=1S/C25H42O3Si/c1-11-24(5)14-17(4)19-18(21(24)23(26)27-7)22(28-29(8,9)10)20-16(3)12-15(2)13-25(19,20)6/h11,14-16,18-22H,1,12-13H2,2-10H3/t15-,16+,18+,19-,20+,21+,22-,24+,25+/m0/s1. The van der Waals surface area contributed by atoms with Crippen LogP contribution in [0.4, 0.5) is 0 Å². The number of fused-ring (bicyclic) bond motifs is 3. The van der Waals surface area contributed by atoms with Crippen molar-refractivity contribution < 1.29 is 14.0 Å². The predicted octanol–water partition coefficient (Wildman–Crippen LogP) is 6.08. The number of ether oxygens (including phenoxy) is 1. The molecule has 0 amide bonds. The van der Waals surface area contributed by atoms with E-state index in [9.17, 15) is 4.79 Å². The van der Waals surface area contributed by atoms with Gasteiger partial charge in [0, 0.05) is 11.3 Å². The lowest BCUT2D eigenvalue weighted by Crippen LogP contribution is -2.49. The van der Waals surface area contributed by atoms with Crippen molar-refractivity contribution in [2.75, 3.05) is 7.11 Å². The number of hydrogen-bond acceptors (Lipinski definition) is 3. The van der Waals surface area contributed by atoms with Crippen molar-refractivity contribution >= 4 is 14.3 Å². The molecule has 0 aliphatic heterocycles. The molecule has 0 aromatic carbocycles. The first kappa shape index (κ1) is 22.8. The molecule has 2 saturated carbocycles. The summed E-state index contributed by atoms with van der Waals surface area (Å²) in [6.07, 6.45) is 6.82. The molecule has 29 heavy (non-hydrogen) atoms. The Labute approximate surface area is 179 Å². The molecule has 3 aliphatic rings. The van der Waals surface area contributed by atoms with Gasteiger partial charge in [0.1, 0.15) is 0 Å². The molecule has 2 fully saturated rings. The van der Waals surface area contributed by atoms with Crippen molar-refractivity contribution in [3.63, 3.8) is 0 Å². The van der Waals surface area contributed by atoms with Crippen LogP contribution in [0.3, 0.4) is 0 Å². The van der Waals surface area contributed by atoms with Gasteiger partial charge in [-0.2, -0.15) is 0 Å². The Morgan fingerprint density at radius 3 is 2.41 bits per heavy atom. The summed E-state index contributed by atoms with van der Waals surface area (Å²) in [5.74, 6) is 1.92. The van der Waals surface area contributed by atoms with Gasteiger partial charge in [0.25, 0.3) is 0 Å². The van der Waals surface area contributed by atoms with Gasteiger partial charge in [0.05, 0.1) is 19.1 Å². The minimum absolute atomic E-state index is 0.103. The molecule has 164 valence electrons. The highest BCUT2D eigenvalue weighted by Gasteiger charge is 2.67. The van der Waals surface area contributed by atoms with E-state index in [1.165, 1.54) is 25.5 Å². The Morgan fingerprint density at radius 1 is 1.28 bits per heavy atom. The summed E-state index contributed by atoms with van der Waals surface area (Å²) in [5, 5.41) is 0. The van der Waals surface area contributed by atoms with Crippen molar-refractivity contribution in [2.24, 2.45) is 46.3 Å². The van der Waals surface area contributed by atoms with Crippen LogP contribution in [-0.2, 0) is 14.0 Å². The summed E-state index contributed by atoms with van der Waals surface area (Å²) in [6.45, 7) is 22.7. The van der Waals surface area contributed by atoms with Crippen molar-refractivity contribution in [2.45, 2.75) is 73.2 Å². The second-order valence-corrected chi connectivity index (χ2v) is 16.2. The first-order valence-corrected chi connectivity index (χ1v) is 14.8. The molecular formula is C25H42O3Si. The van der Waals surface area contributed by atoms with Gasteiger partial charge in [-0.3, -0.25) is 4.79 Å². The van der Waals surface area contributed by atoms with Gasteiger partial charge >= 0.3 is 5.97 Å². The third-order valence-electron chi connectivity index (χ3n) is 8.23. The molecule has 0 unspecified atom stereocenters. The average Bonchev–Trinajstić information content (AvgIpc) is 2.81. The number of carbonyl (C=O) groups is 1. The maximum atomic E-state index is 13.2. The first-order chi connectivity index (χ1) is 13.3. The maximum Gasteiger partial charge on any atom is 0.310 e. The molecule has 0 aromatic rings. The van der Waals surface area contributed by atoms with Crippen LogP contribution in [0.1, 0.15) is 47.5 Å². The zero-order valence-electron chi connectivity index (χ0n) is 20.0. The minimum atomic E-state index is -1.80. The number of allylic oxidation sites excluding steroid dienone is 3. The minimum Gasteiger partial charge on any atom is -0.469 e. The summed E-state index contributed by atoms with van der Waals surface area (Å²) in [6, 6.07) is 0. The first-order valence-electron chi connectivity index (χ1n) is 11.4. The Kier molecular flexibility index (Phi) is 5.79. The number of hydrogen-bond donors (Lipinski definition) is 0. The summed E-state index contributed by atoms with van der Waals surface area (Å²) in [5.41, 5.74) is 1.16. The molecule has 0 aromatic heterocycles. The van der Waals surface area contributed by atoms with Crippen molar-refractivity contribution in [1.29, 1.82) is 0 Å². The molecule has 0 spiro atoms. The van der Waals surface area contributed by atoms with E-state index in [2.05, 4.69) is 66.9 Å². The van der Waals surface area contributed by atoms with Crippen LogP contribution in [0.15, 0.2) is 24.3 Å². The molecule has 3 rings (SSSR count). The van der Waals surface area contributed by atoms with Crippen LogP contribution in [0.25, 0.3) is 0 Å². The van der Waals surface area contributed by atoms with Crippen LogP contribution in [0.5, 0.6) is 0 Å². The lowest BCUT2D eigenvalue weighted by atomic mass is 9.54. The van der Waals surface area contributed by atoms with E-state index >= 15 is 0 Å². The monoisotopic (exact) mass is 418 g/mol. The summed E-state index contributed by atoms with van der Waals surface area (Å²) in [7, 11) is -0.282. The summed E-state index contributed by atoms with van der Waals surface area (Å²) < 4.78 is 12.4. The molecule has 0 radical (unpaired) electrons. The third-order valence-corrected chi connectivity index (χ3v) is 9.21. The Balaban J connectivity index is 2.24. The summed E-state index contributed by atoms with van der Waals surface area (Å²) >= 11 is 0. The highest BCUT2D eigenvalue weighted by Crippen LogP contribution is 2.68. The molecule has 0 heterocycles. The van der Waals surface area contributed by atoms with Crippen LogP contribution in [0.2, 0.25) is 19.6 Å². The number of rotatable bonds is 4. The van der Waals surface area contributed by atoms with Gasteiger partial charge in [-0.25, -0.2) is 0 Å². The largest absolute Gasteiger partial charge is 0.469 e. The van der Waals surface area contributed by atoms with Crippen LogP contribution >= 0.6 is 0 Å². The van der Waals surface area contributed by atoms with Gasteiger partial charge in [-0.1, -0.05) is 45.4 Å². The van der Waals surface area contributed by atoms with Gasteiger partial charge in [-0.05, 0) is 68.5 Å². The number of carbonyl (C=O) groups excluding carboxylic acids is 1. The van der Waals surface area contributed by atoms with E-state index in [0.717, 1.165) is 0 Å². The van der Waals surface area contributed by atoms with Crippen LogP contribution < -0.4 is 0 Å². The van der Waals surface area contributed by atoms with E-state index in [1.54, 1.807) is 0 Å². The third kappa shape index (κ3) is 3.58. The number of esters is 1. The Bertz CT molecular complexity index is 707. The fraction of sp³-hybridized carbons (Fsp3) is 0.800. The topological polar surface area (TPSA) is 35.5 Å². The molecular weight excluding hydrogens is 376 g/mol. The number of methoxy groups -OCH3 is 1. The Morgan fingerprint density at radius 2 is 1.90 bits per heavy atom. The van der Waals surface area contributed by atoms with Crippen LogP contribution in [0, 0.1) is 46.3 Å². The second-order valence-electron chi connectivity index (χ2n) is 11.8. The molecule has 4 heteroatoms. The highest BCUT2D eigenvalue weighted by atomic mass is 28.4. The van der Waals surface area contributed by atoms with E-state index in [4.69, 9.17) is 9.16 Å². The van der Waals surface area contributed by atoms with E-state index in [-0.39, 0.29) is 29.3 Å². The van der Waals surface area contributed by atoms with Gasteiger partial charge in [0.2, 0.25) is 0 Å². The van der Waals surface area contributed by atoms with Gasteiger partial charge < -0.3 is 9.16 Å². The quantitative estimate of drug-likeness (QED) is 0.315. The lowest BCUT2D eigenvalue weighted by molar-refractivity contribution is -0.154. The van der Waals surface area contributed by atoms with Crippen molar-refractivity contribution in [3.05, 3.63) is 24.3 Å². The smallest absolute Gasteiger partial charge is 0.310 e. The normalized spacial score (nSPS) is 47.1. The molecule has 3 aliphatic carbocycles. The summed E-state index contributed by atoms with van der Waals surface area (Å²) in [4.78, 5) is 13.2. The van der Waals surface area contributed by atoms with E-state index in [1.807, 2.05) is 6.08 Å². The second kappa shape index (κ2) is 7.37. The highest BCUT2D eigenvalue weighted by molar-refractivity contribution is 6.69. The van der Waals surface area contributed by atoms with Crippen molar-refractivity contribution in [3.8, 4) is 0 Å².